The average molecular weight is 689 g/mol. The van der Waals surface area contributed by atoms with E-state index in [0.717, 1.165) is 22.3 Å². The Kier molecular flexibility index (Phi) is 12.4. The number of carbonyl (C=O) groups is 3. The summed E-state index contributed by atoms with van der Waals surface area (Å²) in [7, 11) is 1.46. The van der Waals surface area contributed by atoms with E-state index in [-0.39, 0.29) is 5.56 Å². The highest BCUT2D eigenvalue weighted by atomic mass is 19.4. The number of halogens is 3. The van der Waals surface area contributed by atoms with Gasteiger partial charge < -0.3 is 26.4 Å². The first-order valence-electron chi connectivity index (χ1n) is 16.3. The highest BCUT2D eigenvalue weighted by Gasteiger charge is 2.39. The summed E-state index contributed by atoms with van der Waals surface area (Å²) in [6, 6.07) is 28.7. The number of hydrogen-bond acceptors (Lipinski definition) is 5. The lowest BCUT2D eigenvalue weighted by molar-refractivity contribution is -0.145. The van der Waals surface area contributed by atoms with Crippen molar-refractivity contribution in [3.8, 4) is 5.75 Å². The van der Waals surface area contributed by atoms with Crippen LogP contribution in [0.25, 0.3) is 0 Å². The Balaban J connectivity index is 1.62. The van der Waals surface area contributed by atoms with Gasteiger partial charge in [-0.15, -0.1) is 0 Å². The van der Waals surface area contributed by atoms with Crippen LogP contribution in [0.1, 0.15) is 60.5 Å². The van der Waals surface area contributed by atoms with Crippen molar-refractivity contribution in [1.29, 1.82) is 0 Å². The molecule has 0 aromatic heterocycles. The number of benzene rings is 4. The highest BCUT2D eigenvalue weighted by Crippen LogP contribution is 2.37. The third-order valence-corrected chi connectivity index (χ3v) is 8.55. The lowest BCUT2D eigenvalue weighted by atomic mass is 9.76. The normalized spacial score (nSPS) is 13.5. The van der Waals surface area contributed by atoms with Gasteiger partial charge in [0.05, 0.1) is 26.0 Å². The summed E-state index contributed by atoms with van der Waals surface area (Å²) in [4.78, 5) is 41.0. The Morgan fingerprint density at radius 1 is 0.740 bits per heavy atom. The molecule has 8 nitrogen and oxygen atoms in total. The van der Waals surface area contributed by atoms with Gasteiger partial charge in [-0.25, -0.2) is 0 Å². The summed E-state index contributed by atoms with van der Waals surface area (Å²) in [5.74, 6) is -2.32. The number of aryl methyl sites for hydroxylation is 1. The van der Waals surface area contributed by atoms with Gasteiger partial charge in [0.15, 0.2) is 0 Å². The van der Waals surface area contributed by atoms with Crippen LogP contribution in [-0.4, -0.2) is 43.1 Å². The van der Waals surface area contributed by atoms with Gasteiger partial charge in [-0.05, 0) is 47.2 Å². The van der Waals surface area contributed by atoms with Crippen molar-refractivity contribution in [3.05, 3.63) is 137 Å². The maximum absolute atomic E-state index is 13.9. The predicted molar refractivity (Wildman–Crippen MR) is 186 cm³/mol. The Hall–Kier alpha value is -5.16. The number of amides is 3. The Labute approximate surface area is 290 Å². The van der Waals surface area contributed by atoms with E-state index in [4.69, 9.17) is 10.5 Å². The minimum atomic E-state index is -4.52. The van der Waals surface area contributed by atoms with Crippen LogP contribution in [0.4, 0.5) is 13.2 Å². The van der Waals surface area contributed by atoms with Crippen molar-refractivity contribution >= 4 is 17.7 Å². The fourth-order valence-electron chi connectivity index (χ4n) is 5.76. The highest BCUT2D eigenvalue weighted by molar-refractivity contribution is 5.93. The summed E-state index contributed by atoms with van der Waals surface area (Å²) in [6.07, 6.45) is -6.23. The van der Waals surface area contributed by atoms with Gasteiger partial charge in [-0.3, -0.25) is 14.4 Å². The van der Waals surface area contributed by atoms with Crippen LogP contribution < -0.4 is 26.4 Å². The molecule has 264 valence electrons. The number of carbonyl (C=O) groups excluding carboxylic acids is 3. The van der Waals surface area contributed by atoms with Crippen LogP contribution in [0.3, 0.4) is 0 Å². The SMILES string of the molecule is COc1ccc(C(NC(=O)[C@@H](N)CC(=O)NC(c2ccccc2)(c2ccccc2)c2ccc(C)cc2)C(=O)N[C@H](CC(F)(F)F)C(C)C)cc1. The van der Waals surface area contributed by atoms with Gasteiger partial charge in [0, 0.05) is 6.04 Å². The van der Waals surface area contributed by atoms with Crippen molar-refractivity contribution in [1.82, 2.24) is 16.0 Å². The molecule has 3 amide bonds. The van der Waals surface area contributed by atoms with Crippen LogP contribution in [0.2, 0.25) is 0 Å². The average Bonchev–Trinajstić information content (AvgIpc) is 3.09. The number of ether oxygens (including phenoxy) is 1. The largest absolute Gasteiger partial charge is 0.497 e. The smallest absolute Gasteiger partial charge is 0.391 e. The Morgan fingerprint density at radius 2 is 1.26 bits per heavy atom. The van der Waals surface area contributed by atoms with Crippen molar-refractivity contribution in [2.75, 3.05) is 7.11 Å². The van der Waals surface area contributed by atoms with Gasteiger partial charge in [-0.2, -0.15) is 13.2 Å². The summed E-state index contributed by atoms with van der Waals surface area (Å²) >= 11 is 0. The zero-order valence-electron chi connectivity index (χ0n) is 28.5. The van der Waals surface area contributed by atoms with E-state index in [2.05, 4.69) is 16.0 Å². The molecule has 0 aliphatic rings. The van der Waals surface area contributed by atoms with Crippen molar-refractivity contribution in [2.45, 2.75) is 63.5 Å². The van der Waals surface area contributed by atoms with Gasteiger partial charge >= 0.3 is 6.18 Å². The van der Waals surface area contributed by atoms with Gasteiger partial charge in [0.2, 0.25) is 17.7 Å². The molecular weight excluding hydrogens is 645 g/mol. The molecule has 4 rings (SSSR count). The van der Waals surface area contributed by atoms with E-state index in [1.807, 2.05) is 91.9 Å². The number of methoxy groups -OCH3 is 1. The number of hydrogen-bond donors (Lipinski definition) is 4. The van der Waals surface area contributed by atoms with E-state index >= 15 is 0 Å². The zero-order valence-corrected chi connectivity index (χ0v) is 28.5. The molecule has 0 spiro atoms. The second-order valence-corrected chi connectivity index (χ2v) is 12.6. The first kappa shape index (κ1) is 37.7. The lowest BCUT2D eigenvalue weighted by Gasteiger charge is -2.37. The molecule has 1 unspecified atom stereocenters. The Bertz CT molecular complexity index is 1680. The lowest BCUT2D eigenvalue weighted by Crippen LogP contribution is -2.53. The quantitative estimate of drug-likeness (QED) is 0.120. The van der Waals surface area contributed by atoms with E-state index in [1.165, 1.54) is 19.2 Å². The third-order valence-electron chi connectivity index (χ3n) is 8.55. The summed E-state index contributed by atoms with van der Waals surface area (Å²) in [6.45, 7) is 5.09. The van der Waals surface area contributed by atoms with Crippen LogP contribution in [0.15, 0.2) is 109 Å². The van der Waals surface area contributed by atoms with E-state index in [0.29, 0.717) is 5.75 Å². The molecule has 0 saturated carbocycles. The molecule has 0 bridgehead atoms. The first-order valence-corrected chi connectivity index (χ1v) is 16.3. The topological polar surface area (TPSA) is 123 Å². The van der Waals surface area contributed by atoms with Gasteiger partial charge in [0.1, 0.15) is 17.3 Å². The van der Waals surface area contributed by atoms with Crippen LogP contribution in [0.5, 0.6) is 5.75 Å². The van der Waals surface area contributed by atoms with Crippen LogP contribution in [-0.2, 0) is 19.9 Å². The van der Waals surface area contributed by atoms with Crippen LogP contribution in [0, 0.1) is 12.8 Å². The molecule has 4 aromatic rings. The standard InChI is InChI=1S/C39H43F3N4O4/c1-25(2)33(24-38(40,41)42)44-37(49)35(27-17-21-31(50-4)22-18-27)45-36(48)32(43)23-34(47)46-39(28-11-7-5-8-12-28,29-13-9-6-10-14-29)30-19-15-26(3)16-20-30/h5-22,25,32-33,35H,23-24,43H2,1-4H3,(H,44,49)(H,45,48)(H,46,47)/t32-,33+,35?/m0/s1. The fraction of sp³-hybridized carbons (Fsp3) is 0.308. The van der Waals surface area contributed by atoms with E-state index < -0.39 is 66.3 Å². The molecule has 0 aliphatic heterocycles. The second-order valence-electron chi connectivity index (χ2n) is 12.6. The fourth-order valence-corrected chi connectivity index (χ4v) is 5.76. The molecule has 0 fully saturated rings. The minimum absolute atomic E-state index is 0.286. The number of rotatable bonds is 14. The molecule has 50 heavy (non-hydrogen) atoms. The molecule has 0 aliphatic carbocycles. The number of nitrogens with one attached hydrogen (secondary N) is 3. The van der Waals surface area contributed by atoms with E-state index in [1.54, 1.807) is 26.0 Å². The zero-order chi connectivity index (χ0) is 36.5. The predicted octanol–water partition coefficient (Wildman–Crippen LogP) is 6.08. The van der Waals surface area contributed by atoms with E-state index in [9.17, 15) is 27.6 Å². The summed E-state index contributed by atoms with van der Waals surface area (Å²) in [5, 5.41) is 8.19. The summed E-state index contributed by atoms with van der Waals surface area (Å²) in [5.41, 5.74) is 8.80. The van der Waals surface area contributed by atoms with Crippen LogP contribution >= 0.6 is 0 Å². The molecule has 4 aromatic carbocycles. The first-order chi connectivity index (χ1) is 23.7. The Morgan fingerprint density at radius 3 is 1.74 bits per heavy atom. The molecule has 0 saturated heterocycles. The number of nitrogens with two attached hydrogens (primary N) is 1. The molecular formula is C39H43F3N4O4. The van der Waals surface area contributed by atoms with Crippen molar-refractivity contribution in [3.63, 3.8) is 0 Å². The maximum atomic E-state index is 13.9. The molecule has 0 radical (unpaired) electrons. The molecule has 0 heterocycles. The minimum Gasteiger partial charge on any atom is -0.497 e. The molecule has 5 N–H and O–H groups in total. The number of alkyl halides is 3. The second kappa shape index (κ2) is 16.5. The monoisotopic (exact) mass is 688 g/mol. The maximum Gasteiger partial charge on any atom is 0.391 e. The summed E-state index contributed by atoms with van der Waals surface area (Å²) < 4.78 is 45.2. The molecule has 11 heteroatoms. The van der Waals surface area contributed by atoms with Gasteiger partial charge in [-0.1, -0.05) is 116 Å². The third kappa shape index (κ3) is 9.50. The van der Waals surface area contributed by atoms with Gasteiger partial charge in [0.25, 0.3) is 0 Å². The molecule has 3 atom stereocenters. The van der Waals surface area contributed by atoms with Crippen molar-refractivity contribution < 1.29 is 32.3 Å². The van der Waals surface area contributed by atoms with Crippen molar-refractivity contribution in [2.24, 2.45) is 11.7 Å².